The summed E-state index contributed by atoms with van der Waals surface area (Å²) in [6, 6.07) is 4.45. The molecule has 2 N–H and O–H groups in total. The number of hydrogen-bond acceptors (Lipinski definition) is 4. The molecule has 2 aromatic rings. The van der Waals surface area contributed by atoms with Crippen molar-refractivity contribution in [2.75, 3.05) is 13.6 Å². The Morgan fingerprint density at radius 3 is 2.79 bits per heavy atom. The van der Waals surface area contributed by atoms with E-state index in [1.54, 1.807) is 11.0 Å². The van der Waals surface area contributed by atoms with E-state index in [1.807, 2.05) is 25.4 Å². The molecule has 0 saturated heterocycles. The molecule has 3 rings (SSSR count). The molecule has 1 aliphatic rings. The van der Waals surface area contributed by atoms with Crippen molar-refractivity contribution in [3.8, 4) is 0 Å². The van der Waals surface area contributed by atoms with E-state index in [4.69, 9.17) is 0 Å². The van der Waals surface area contributed by atoms with Crippen LogP contribution in [0.5, 0.6) is 0 Å². The lowest BCUT2D eigenvalue weighted by Gasteiger charge is -2.37. The van der Waals surface area contributed by atoms with Gasteiger partial charge in [0.15, 0.2) is 5.96 Å². The minimum absolute atomic E-state index is 0.245. The molecule has 1 saturated carbocycles. The molecule has 0 aliphatic heterocycles. The van der Waals surface area contributed by atoms with E-state index in [-0.39, 0.29) is 5.41 Å². The Balaban J connectivity index is 1.61. The second-order valence-electron chi connectivity index (χ2n) is 6.40. The first-order valence-electron chi connectivity index (χ1n) is 8.55. The van der Waals surface area contributed by atoms with Gasteiger partial charge in [0.1, 0.15) is 12.2 Å². The summed E-state index contributed by atoms with van der Waals surface area (Å²) in [5, 5.41) is 13.2. The van der Waals surface area contributed by atoms with Gasteiger partial charge in [0.2, 0.25) is 0 Å². The Morgan fingerprint density at radius 1 is 1.33 bits per heavy atom. The minimum Gasteiger partial charge on any atom is -0.355 e. The smallest absolute Gasteiger partial charge is 0.191 e. The van der Waals surface area contributed by atoms with E-state index in [1.165, 1.54) is 37.0 Å². The quantitative estimate of drug-likeness (QED) is 0.645. The average molecular weight is 347 g/mol. The molecule has 7 heteroatoms. The van der Waals surface area contributed by atoms with E-state index in [9.17, 15) is 0 Å². The van der Waals surface area contributed by atoms with Crippen molar-refractivity contribution in [2.24, 2.45) is 12.0 Å². The summed E-state index contributed by atoms with van der Waals surface area (Å²) < 4.78 is 1.77. The number of aliphatic imine (C=N–C) groups is 1. The molecule has 0 bridgehead atoms. The van der Waals surface area contributed by atoms with Crippen LogP contribution in [-0.2, 0) is 19.0 Å². The van der Waals surface area contributed by atoms with Gasteiger partial charge in [-0.15, -0.1) is 11.3 Å². The van der Waals surface area contributed by atoms with Gasteiger partial charge in [-0.1, -0.05) is 25.3 Å². The zero-order valence-corrected chi connectivity index (χ0v) is 15.3. The lowest BCUT2D eigenvalue weighted by Crippen LogP contribution is -2.46. The second kappa shape index (κ2) is 7.79. The molecule has 2 aromatic heterocycles. The summed E-state index contributed by atoms with van der Waals surface area (Å²) in [7, 11) is 3.71. The zero-order valence-electron chi connectivity index (χ0n) is 14.5. The van der Waals surface area contributed by atoms with Crippen LogP contribution in [0, 0.1) is 0 Å². The van der Waals surface area contributed by atoms with Gasteiger partial charge in [-0.05, 0) is 24.3 Å². The fourth-order valence-corrected chi connectivity index (χ4v) is 4.42. The van der Waals surface area contributed by atoms with Crippen LogP contribution in [0.4, 0.5) is 0 Å². The molecule has 1 aliphatic carbocycles. The van der Waals surface area contributed by atoms with Gasteiger partial charge in [-0.3, -0.25) is 9.67 Å². The van der Waals surface area contributed by atoms with Crippen LogP contribution in [-0.4, -0.2) is 34.3 Å². The Labute approximate surface area is 147 Å². The average Bonchev–Trinajstić information content (AvgIpc) is 3.28. The normalized spacial score (nSPS) is 17.7. The number of nitrogens with one attached hydrogen (secondary N) is 2. The molecule has 2 heterocycles. The third-order valence-corrected chi connectivity index (χ3v) is 6.01. The highest BCUT2D eigenvalue weighted by Gasteiger charge is 2.34. The third kappa shape index (κ3) is 3.77. The first-order valence-corrected chi connectivity index (χ1v) is 9.43. The highest BCUT2D eigenvalue weighted by molar-refractivity contribution is 7.10. The molecule has 0 unspecified atom stereocenters. The number of guanidine groups is 1. The van der Waals surface area contributed by atoms with Gasteiger partial charge < -0.3 is 10.6 Å². The van der Waals surface area contributed by atoms with E-state index in [0.29, 0.717) is 6.54 Å². The SMILES string of the molecule is CN=C(NCc1ncnn1C)NCC1(c2cccs2)CCCCC1. The van der Waals surface area contributed by atoms with Crippen molar-refractivity contribution in [3.63, 3.8) is 0 Å². The van der Waals surface area contributed by atoms with Gasteiger partial charge >= 0.3 is 0 Å². The van der Waals surface area contributed by atoms with Crippen LogP contribution in [0.3, 0.4) is 0 Å². The number of aromatic nitrogens is 3. The molecule has 6 nitrogen and oxygen atoms in total. The zero-order chi connectivity index (χ0) is 16.8. The van der Waals surface area contributed by atoms with E-state index >= 15 is 0 Å². The van der Waals surface area contributed by atoms with E-state index in [2.05, 4.69) is 43.2 Å². The predicted molar refractivity (Wildman–Crippen MR) is 98.3 cm³/mol. The highest BCUT2D eigenvalue weighted by atomic mass is 32.1. The molecule has 130 valence electrons. The molecule has 0 radical (unpaired) electrons. The minimum atomic E-state index is 0.245. The molecule has 1 fully saturated rings. The van der Waals surface area contributed by atoms with Crippen LogP contribution in [0.1, 0.15) is 42.8 Å². The summed E-state index contributed by atoms with van der Waals surface area (Å²) in [6.45, 7) is 1.54. The molecule has 0 amide bonds. The van der Waals surface area contributed by atoms with Crippen molar-refractivity contribution >= 4 is 17.3 Å². The maximum atomic E-state index is 4.35. The highest BCUT2D eigenvalue weighted by Crippen LogP contribution is 2.41. The molecule has 0 aromatic carbocycles. The standard InChI is InChI=1S/C17H26N6S/c1-18-16(19-11-15-21-13-22-23(15)2)20-12-17(8-4-3-5-9-17)14-7-6-10-24-14/h6-7,10,13H,3-5,8-9,11-12H2,1-2H3,(H2,18,19,20). The van der Waals surface area contributed by atoms with Crippen molar-refractivity contribution in [2.45, 2.75) is 44.1 Å². The van der Waals surface area contributed by atoms with Gasteiger partial charge in [0.25, 0.3) is 0 Å². The maximum Gasteiger partial charge on any atom is 0.191 e. The van der Waals surface area contributed by atoms with Crippen LogP contribution >= 0.6 is 11.3 Å². The number of aryl methyl sites for hydroxylation is 1. The van der Waals surface area contributed by atoms with Gasteiger partial charge in [-0.2, -0.15) is 5.10 Å². The lowest BCUT2D eigenvalue weighted by atomic mass is 9.73. The van der Waals surface area contributed by atoms with Crippen molar-refractivity contribution in [1.82, 2.24) is 25.4 Å². The van der Waals surface area contributed by atoms with Crippen molar-refractivity contribution in [3.05, 3.63) is 34.5 Å². The monoisotopic (exact) mass is 346 g/mol. The fraction of sp³-hybridized carbons (Fsp3) is 0.588. The summed E-state index contributed by atoms with van der Waals surface area (Å²) in [4.78, 5) is 10.1. The molecular formula is C17H26N6S. The number of hydrogen-bond donors (Lipinski definition) is 2. The number of rotatable bonds is 5. The summed E-state index contributed by atoms with van der Waals surface area (Å²) in [5.74, 6) is 1.71. The first kappa shape index (κ1) is 17.0. The third-order valence-electron chi connectivity index (χ3n) is 4.89. The Hall–Kier alpha value is -1.89. The Bertz CT molecular complexity index is 654. The first-order chi connectivity index (χ1) is 11.7. The maximum absolute atomic E-state index is 4.35. The van der Waals surface area contributed by atoms with Crippen LogP contribution in [0.25, 0.3) is 0 Å². The molecule has 24 heavy (non-hydrogen) atoms. The predicted octanol–water partition coefficient (Wildman–Crippen LogP) is 2.44. The van der Waals surface area contributed by atoms with Gasteiger partial charge in [0, 0.05) is 30.9 Å². The Kier molecular flexibility index (Phi) is 5.50. The van der Waals surface area contributed by atoms with E-state index < -0.39 is 0 Å². The number of thiophene rings is 1. The molecule has 0 atom stereocenters. The number of nitrogens with zero attached hydrogens (tertiary/aromatic N) is 4. The van der Waals surface area contributed by atoms with Crippen LogP contribution < -0.4 is 10.6 Å². The van der Waals surface area contributed by atoms with Gasteiger partial charge in [0.05, 0.1) is 6.54 Å². The van der Waals surface area contributed by atoms with Crippen LogP contribution in [0.2, 0.25) is 0 Å². The summed E-state index contributed by atoms with van der Waals surface area (Å²) >= 11 is 1.88. The van der Waals surface area contributed by atoms with Crippen molar-refractivity contribution in [1.29, 1.82) is 0 Å². The topological polar surface area (TPSA) is 67.1 Å². The van der Waals surface area contributed by atoms with Crippen molar-refractivity contribution < 1.29 is 0 Å². The molecular weight excluding hydrogens is 320 g/mol. The van der Waals surface area contributed by atoms with E-state index in [0.717, 1.165) is 18.3 Å². The van der Waals surface area contributed by atoms with Crippen LogP contribution in [0.15, 0.2) is 28.8 Å². The van der Waals surface area contributed by atoms with Gasteiger partial charge in [-0.25, -0.2) is 4.98 Å². The molecule has 0 spiro atoms. The Morgan fingerprint density at radius 2 is 2.17 bits per heavy atom. The second-order valence-corrected chi connectivity index (χ2v) is 7.35. The summed E-state index contributed by atoms with van der Waals surface area (Å²) in [5.41, 5.74) is 0.245. The summed E-state index contributed by atoms with van der Waals surface area (Å²) in [6.07, 6.45) is 8.05. The largest absolute Gasteiger partial charge is 0.355 e. The lowest BCUT2D eigenvalue weighted by molar-refractivity contribution is 0.296. The fourth-order valence-electron chi connectivity index (χ4n) is 3.44.